The van der Waals surface area contributed by atoms with Crippen molar-refractivity contribution >= 4 is 28.2 Å². The van der Waals surface area contributed by atoms with E-state index in [0.29, 0.717) is 23.4 Å². The number of rotatable bonds is 4. The van der Waals surface area contributed by atoms with Crippen LogP contribution in [0.15, 0.2) is 0 Å². The largest absolute Gasteiger partial charge is 0.411 e. The van der Waals surface area contributed by atoms with Crippen LogP contribution in [0.4, 0.5) is 18.3 Å². The molecule has 1 heterocycles. The number of ketones is 1. The van der Waals surface area contributed by atoms with Gasteiger partial charge in [-0.2, -0.15) is 13.2 Å². The number of alkyl halides is 3. The third-order valence-corrected chi connectivity index (χ3v) is 4.39. The molecule has 0 fully saturated rings. The lowest BCUT2D eigenvalue weighted by molar-refractivity contribution is -0.184. The Labute approximate surface area is 135 Å². The minimum atomic E-state index is -4.49. The molecule has 0 aromatic carbocycles. The van der Waals surface area contributed by atoms with Crippen molar-refractivity contribution in [3.8, 4) is 0 Å². The molecule has 2 rings (SSSR count). The van der Waals surface area contributed by atoms with Gasteiger partial charge in [0.15, 0.2) is 10.9 Å². The van der Waals surface area contributed by atoms with Crippen molar-refractivity contribution in [1.82, 2.24) is 4.98 Å². The minimum absolute atomic E-state index is 0.0318. The van der Waals surface area contributed by atoms with Gasteiger partial charge in [0.25, 0.3) is 5.91 Å². The molecule has 0 aliphatic heterocycles. The third-order valence-electron chi connectivity index (χ3n) is 3.33. The van der Waals surface area contributed by atoms with Gasteiger partial charge in [0.2, 0.25) is 0 Å². The first-order chi connectivity index (χ1) is 10.5. The summed E-state index contributed by atoms with van der Waals surface area (Å²) in [6.45, 7) is 3.64. The highest BCUT2D eigenvalue weighted by atomic mass is 32.1. The number of halogens is 3. The molecule has 1 unspecified atom stereocenters. The van der Waals surface area contributed by atoms with E-state index in [-0.39, 0.29) is 16.3 Å². The lowest BCUT2D eigenvalue weighted by Crippen LogP contribution is -2.31. The standard InChI is InChI=1S/C14H17F3N2O3S/c1-7(22-6-14(15,16)17)11(21)19-12-18-8-4-13(2,3)5-9(20)10(8)23-12/h7H,4-6H2,1-3H3,(H,18,19,21). The number of nitrogens with one attached hydrogen (secondary N) is 1. The van der Waals surface area contributed by atoms with Crippen molar-refractivity contribution in [2.24, 2.45) is 5.41 Å². The van der Waals surface area contributed by atoms with Crippen molar-refractivity contribution in [2.75, 3.05) is 11.9 Å². The van der Waals surface area contributed by atoms with Crippen LogP contribution in [0.2, 0.25) is 0 Å². The monoisotopic (exact) mass is 350 g/mol. The number of Topliss-reactive ketones (excluding diaryl/α,β-unsaturated/α-hetero) is 1. The summed E-state index contributed by atoms with van der Waals surface area (Å²) in [5, 5.41) is 2.61. The maximum atomic E-state index is 12.1. The average molecular weight is 350 g/mol. The summed E-state index contributed by atoms with van der Waals surface area (Å²) in [7, 11) is 0. The van der Waals surface area contributed by atoms with Gasteiger partial charge < -0.3 is 4.74 Å². The molecular weight excluding hydrogens is 333 g/mol. The van der Waals surface area contributed by atoms with Crippen LogP contribution in [0.1, 0.15) is 42.6 Å². The molecule has 0 radical (unpaired) electrons. The number of amides is 1. The van der Waals surface area contributed by atoms with Crippen LogP contribution in [-0.2, 0) is 16.0 Å². The quantitative estimate of drug-likeness (QED) is 0.905. The van der Waals surface area contributed by atoms with Crippen LogP contribution in [0.25, 0.3) is 0 Å². The van der Waals surface area contributed by atoms with E-state index in [1.165, 1.54) is 6.92 Å². The number of carbonyl (C=O) groups excluding carboxylic acids is 2. The molecule has 1 amide bonds. The van der Waals surface area contributed by atoms with E-state index >= 15 is 0 Å². The van der Waals surface area contributed by atoms with Gasteiger partial charge in [-0.25, -0.2) is 4.98 Å². The number of fused-ring (bicyclic) bond motifs is 1. The topological polar surface area (TPSA) is 68.3 Å². The van der Waals surface area contributed by atoms with Gasteiger partial charge in [-0.1, -0.05) is 25.2 Å². The highest BCUT2D eigenvalue weighted by molar-refractivity contribution is 7.17. The van der Waals surface area contributed by atoms with Crippen LogP contribution in [0.3, 0.4) is 0 Å². The van der Waals surface area contributed by atoms with E-state index in [1.54, 1.807) is 0 Å². The Morgan fingerprint density at radius 3 is 2.70 bits per heavy atom. The summed E-state index contributed by atoms with van der Waals surface area (Å²) in [5.74, 6) is -0.761. The zero-order chi connectivity index (χ0) is 17.4. The molecule has 0 saturated heterocycles. The van der Waals surface area contributed by atoms with Gasteiger partial charge in [0, 0.05) is 6.42 Å². The van der Waals surface area contributed by atoms with Gasteiger partial charge in [0.1, 0.15) is 12.7 Å². The van der Waals surface area contributed by atoms with Crippen molar-refractivity contribution in [1.29, 1.82) is 0 Å². The zero-order valence-corrected chi connectivity index (χ0v) is 13.7. The predicted molar refractivity (Wildman–Crippen MR) is 78.6 cm³/mol. The molecule has 9 heteroatoms. The average Bonchev–Trinajstić information content (AvgIpc) is 2.76. The molecule has 23 heavy (non-hydrogen) atoms. The van der Waals surface area contributed by atoms with Gasteiger partial charge >= 0.3 is 6.18 Å². The third kappa shape index (κ3) is 4.74. The second-order valence-electron chi connectivity index (χ2n) is 6.29. The molecule has 1 aliphatic rings. The number of thiazole rings is 1. The molecular formula is C14H17F3N2O3S. The highest BCUT2D eigenvalue weighted by Crippen LogP contribution is 2.38. The number of nitrogens with zero attached hydrogens (tertiary/aromatic N) is 1. The van der Waals surface area contributed by atoms with Crippen molar-refractivity contribution in [3.05, 3.63) is 10.6 Å². The summed E-state index contributed by atoms with van der Waals surface area (Å²) in [6, 6.07) is 0. The molecule has 0 spiro atoms. The second-order valence-corrected chi connectivity index (χ2v) is 7.29. The van der Waals surface area contributed by atoms with Crippen molar-refractivity contribution < 1.29 is 27.5 Å². The zero-order valence-electron chi connectivity index (χ0n) is 12.9. The minimum Gasteiger partial charge on any atom is -0.359 e. The van der Waals surface area contributed by atoms with E-state index in [1.807, 2.05) is 13.8 Å². The van der Waals surface area contributed by atoms with Crippen LogP contribution < -0.4 is 5.32 Å². The fourth-order valence-electron chi connectivity index (χ4n) is 2.28. The number of hydrogen-bond acceptors (Lipinski definition) is 5. The number of ether oxygens (including phenoxy) is 1. The summed E-state index contributed by atoms with van der Waals surface area (Å²) >= 11 is 1.04. The first-order valence-electron chi connectivity index (χ1n) is 6.99. The molecule has 1 aromatic heterocycles. The summed E-state index contributed by atoms with van der Waals surface area (Å²) in [6.07, 6.45) is -4.75. The Balaban J connectivity index is 2.02. The Hall–Kier alpha value is -1.48. The fraction of sp³-hybridized carbons (Fsp3) is 0.643. The van der Waals surface area contributed by atoms with E-state index in [2.05, 4.69) is 15.0 Å². The Morgan fingerprint density at radius 1 is 1.43 bits per heavy atom. The lowest BCUT2D eigenvalue weighted by atomic mass is 9.78. The molecule has 1 atom stereocenters. The normalized spacial score (nSPS) is 18.4. The maximum Gasteiger partial charge on any atom is 0.411 e. The second kappa shape index (κ2) is 6.20. The van der Waals surface area contributed by atoms with E-state index in [4.69, 9.17) is 0 Å². The summed E-state index contributed by atoms with van der Waals surface area (Å²) in [4.78, 5) is 28.6. The van der Waals surface area contributed by atoms with Gasteiger partial charge in [0.05, 0.1) is 10.6 Å². The van der Waals surface area contributed by atoms with E-state index < -0.39 is 24.8 Å². The molecule has 0 bridgehead atoms. The first kappa shape index (κ1) is 17.9. The highest BCUT2D eigenvalue weighted by Gasteiger charge is 2.34. The number of aromatic nitrogens is 1. The Kier molecular flexibility index (Phi) is 4.81. The van der Waals surface area contributed by atoms with Gasteiger partial charge in [-0.3, -0.25) is 14.9 Å². The van der Waals surface area contributed by atoms with Crippen LogP contribution in [0, 0.1) is 5.41 Å². The van der Waals surface area contributed by atoms with Crippen LogP contribution >= 0.6 is 11.3 Å². The lowest BCUT2D eigenvalue weighted by Gasteiger charge is -2.26. The first-order valence-corrected chi connectivity index (χ1v) is 7.81. The van der Waals surface area contributed by atoms with Gasteiger partial charge in [-0.15, -0.1) is 0 Å². The molecule has 128 valence electrons. The molecule has 0 saturated carbocycles. The number of carbonyl (C=O) groups is 2. The number of anilines is 1. The predicted octanol–water partition coefficient (Wildman–Crippen LogP) is 3.20. The fourth-order valence-corrected chi connectivity index (χ4v) is 3.20. The maximum absolute atomic E-state index is 12.1. The van der Waals surface area contributed by atoms with Crippen LogP contribution in [-0.4, -0.2) is 35.6 Å². The molecule has 1 aromatic rings. The summed E-state index contributed by atoms with van der Waals surface area (Å²) in [5.41, 5.74) is 0.429. The van der Waals surface area contributed by atoms with Crippen LogP contribution in [0.5, 0.6) is 0 Å². The van der Waals surface area contributed by atoms with E-state index in [9.17, 15) is 22.8 Å². The molecule has 5 nitrogen and oxygen atoms in total. The van der Waals surface area contributed by atoms with E-state index in [0.717, 1.165) is 11.3 Å². The molecule has 1 N–H and O–H groups in total. The SMILES string of the molecule is CC(OCC(F)(F)F)C(=O)Nc1nc2c(s1)C(=O)CC(C)(C)C2. The van der Waals surface area contributed by atoms with Crippen molar-refractivity contribution in [2.45, 2.75) is 45.9 Å². The number of hydrogen-bond donors (Lipinski definition) is 1. The van der Waals surface area contributed by atoms with Gasteiger partial charge in [-0.05, 0) is 18.8 Å². The Morgan fingerprint density at radius 2 is 2.09 bits per heavy atom. The van der Waals surface area contributed by atoms with Crippen molar-refractivity contribution in [3.63, 3.8) is 0 Å². The Bertz CT molecular complexity index is 625. The smallest absolute Gasteiger partial charge is 0.359 e. The molecule has 1 aliphatic carbocycles. The summed E-state index contributed by atoms with van der Waals surface area (Å²) < 4.78 is 40.7.